The molecule has 5 heteroatoms. The standard InChI is InChI=1S/C16H20FN3O/c1-15(2)8-7-13(12-5-3-4-6-14(12)17)16(15,21)9-20-11-18-10-19-20/h3-6,10-11,13,21H,7-9H2,1-2H3. The Labute approximate surface area is 123 Å². The minimum Gasteiger partial charge on any atom is -0.387 e. The number of rotatable bonds is 3. The van der Waals surface area contributed by atoms with Crippen LogP contribution in [0.15, 0.2) is 36.9 Å². The summed E-state index contributed by atoms with van der Waals surface area (Å²) < 4.78 is 15.8. The van der Waals surface area contributed by atoms with Gasteiger partial charge in [-0.25, -0.2) is 9.37 Å². The summed E-state index contributed by atoms with van der Waals surface area (Å²) in [5.41, 5.74) is -0.778. The molecular weight excluding hydrogens is 269 g/mol. The van der Waals surface area contributed by atoms with Crippen LogP contribution in [0.1, 0.15) is 38.2 Å². The second-order valence-electron chi connectivity index (χ2n) is 6.51. The van der Waals surface area contributed by atoms with Gasteiger partial charge >= 0.3 is 0 Å². The molecule has 0 aliphatic heterocycles. The molecule has 2 atom stereocenters. The highest BCUT2D eigenvalue weighted by Crippen LogP contribution is 2.55. The highest BCUT2D eigenvalue weighted by atomic mass is 19.1. The minimum absolute atomic E-state index is 0.238. The summed E-state index contributed by atoms with van der Waals surface area (Å²) in [5.74, 6) is -0.491. The summed E-state index contributed by atoms with van der Waals surface area (Å²) >= 11 is 0. The normalized spacial score (nSPS) is 27.9. The zero-order chi connectivity index (χ0) is 15.1. The van der Waals surface area contributed by atoms with Crippen molar-refractivity contribution in [3.05, 3.63) is 48.3 Å². The molecule has 0 amide bonds. The van der Waals surface area contributed by atoms with Gasteiger partial charge in [0.05, 0.1) is 12.1 Å². The van der Waals surface area contributed by atoms with Crippen LogP contribution in [0.4, 0.5) is 4.39 Å². The molecule has 1 aliphatic rings. The van der Waals surface area contributed by atoms with Crippen molar-refractivity contribution >= 4 is 0 Å². The number of hydrogen-bond donors (Lipinski definition) is 1. The Morgan fingerprint density at radius 3 is 2.81 bits per heavy atom. The van der Waals surface area contributed by atoms with Gasteiger partial charge in [-0.2, -0.15) is 5.10 Å². The van der Waals surface area contributed by atoms with Crippen LogP contribution in [0, 0.1) is 11.2 Å². The van der Waals surface area contributed by atoms with Crippen molar-refractivity contribution in [3.8, 4) is 0 Å². The molecule has 1 aliphatic carbocycles. The summed E-state index contributed by atoms with van der Waals surface area (Å²) in [7, 11) is 0. The quantitative estimate of drug-likeness (QED) is 0.945. The molecule has 1 N–H and O–H groups in total. The smallest absolute Gasteiger partial charge is 0.137 e. The Kier molecular flexibility index (Phi) is 3.32. The first-order valence-electron chi connectivity index (χ1n) is 7.23. The number of hydrogen-bond acceptors (Lipinski definition) is 3. The summed E-state index contributed by atoms with van der Waals surface area (Å²) in [5, 5.41) is 15.5. The van der Waals surface area contributed by atoms with E-state index in [2.05, 4.69) is 10.1 Å². The third-order valence-electron chi connectivity index (χ3n) is 4.96. The van der Waals surface area contributed by atoms with E-state index in [0.717, 1.165) is 12.8 Å². The summed E-state index contributed by atoms with van der Waals surface area (Å²) in [4.78, 5) is 3.93. The maximum absolute atomic E-state index is 14.2. The molecule has 0 radical (unpaired) electrons. The SMILES string of the molecule is CC1(C)CCC(c2ccccc2F)C1(O)Cn1cncn1. The third kappa shape index (κ3) is 2.25. The minimum atomic E-state index is -1.05. The zero-order valence-corrected chi connectivity index (χ0v) is 12.3. The number of aliphatic hydroxyl groups is 1. The lowest BCUT2D eigenvalue weighted by molar-refractivity contribution is -0.0718. The van der Waals surface area contributed by atoms with Crippen LogP contribution in [0.5, 0.6) is 0 Å². The van der Waals surface area contributed by atoms with Crippen molar-refractivity contribution in [2.75, 3.05) is 0 Å². The summed E-state index contributed by atoms with van der Waals surface area (Å²) in [6.45, 7) is 4.38. The molecule has 0 spiro atoms. The number of benzene rings is 1. The van der Waals surface area contributed by atoms with Crippen molar-refractivity contribution in [1.29, 1.82) is 0 Å². The number of nitrogens with zero attached hydrogens (tertiary/aromatic N) is 3. The van der Waals surface area contributed by atoms with E-state index in [4.69, 9.17) is 0 Å². The van der Waals surface area contributed by atoms with E-state index in [9.17, 15) is 9.50 Å². The van der Waals surface area contributed by atoms with Crippen LogP contribution in [0.2, 0.25) is 0 Å². The molecule has 1 fully saturated rings. The fourth-order valence-corrected chi connectivity index (χ4v) is 3.49. The molecule has 0 saturated heterocycles. The van der Waals surface area contributed by atoms with Gasteiger partial charge in [-0.3, -0.25) is 4.68 Å². The van der Waals surface area contributed by atoms with Crippen molar-refractivity contribution in [2.24, 2.45) is 5.41 Å². The fraction of sp³-hybridized carbons (Fsp3) is 0.500. The molecule has 0 bridgehead atoms. The van der Waals surface area contributed by atoms with Crippen LogP contribution < -0.4 is 0 Å². The van der Waals surface area contributed by atoms with Crippen molar-refractivity contribution in [2.45, 2.75) is 44.8 Å². The maximum atomic E-state index is 14.2. The lowest BCUT2D eigenvalue weighted by Crippen LogP contribution is -2.48. The van der Waals surface area contributed by atoms with Gasteiger partial charge in [0.2, 0.25) is 0 Å². The van der Waals surface area contributed by atoms with Gasteiger partial charge in [-0.1, -0.05) is 32.0 Å². The average molecular weight is 289 g/mol. The molecular formula is C16H20FN3O. The van der Waals surface area contributed by atoms with Gasteiger partial charge in [0.1, 0.15) is 18.5 Å². The van der Waals surface area contributed by atoms with E-state index in [0.29, 0.717) is 12.1 Å². The first-order chi connectivity index (χ1) is 9.94. The van der Waals surface area contributed by atoms with E-state index in [-0.39, 0.29) is 17.2 Å². The second-order valence-corrected chi connectivity index (χ2v) is 6.51. The fourth-order valence-electron chi connectivity index (χ4n) is 3.49. The molecule has 3 rings (SSSR count). The van der Waals surface area contributed by atoms with Crippen molar-refractivity contribution < 1.29 is 9.50 Å². The monoisotopic (exact) mass is 289 g/mol. The van der Waals surface area contributed by atoms with Gasteiger partial charge < -0.3 is 5.11 Å². The average Bonchev–Trinajstić information content (AvgIpc) is 3.00. The highest BCUT2D eigenvalue weighted by molar-refractivity contribution is 5.28. The summed E-state index contributed by atoms with van der Waals surface area (Å²) in [6.07, 6.45) is 4.64. The molecule has 2 aromatic rings. The molecule has 1 heterocycles. The van der Waals surface area contributed by atoms with Gasteiger partial charge in [-0.05, 0) is 29.9 Å². The van der Waals surface area contributed by atoms with Crippen LogP contribution >= 0.6 is 0 Å². The van der Waals surface area contributed by atoms with E-state index in [1.807, 2.05) is 19.9 Å². The first-order valence-corrected chi connectivity index (χ1v) is 7.23. The molecule has 21 heavy (non-hydrogen) atoms. The van der Waals surface area contributed by atoms with E-state index in [1.165, 1.54) is 12.4 Å². The van der Waals surface area contributed by atoms with E-state index in [1.54, 1.807) is 23.1 Å². The Morgan fingerprint density at radius 2 is 2.14 bits per heavy atom. The molecule has 1 aromatic carbocycles. The Morgan fingerprint density at radius 1 is 1.38 bits per heavy atom. The third-order valence-corrected chi connectivity index (χ3v) is 4.96. The molecule has 1 saturated carbocycles. The molecule has 112 valence electrons. The predicted molar refractivity (Wildman–Crippen MR) is 77.1 cm³/mol. The van der Waals surface area contributed by atoms with Crippen LogP contribution in [0.25, 0.3) is 0 Å². The number of halogens is 1. The maximum Gasteiger partial charge on any atom is 0.137 e. The Balaban J connectivity index is 2.02. The Bertz CT molecular complexity index is 626. The van der Waals surface area contributed by atoms with Crippen molar-refractivity contribution in [3.63, 3.8) is 0 Å². The molecule has 1 aromatic heterocycles. The lowest BCUT2D eigenvalue weighted by atomic mass is 9.72. The van der Waals surface area contributed by atoms with Crippen LogP contribution in [0.3, 0.4) is 0 Å². The first kappa shape index (κ1) is 14.2. The largest absolute Gasteiger partial charge is 0.387 e. The molecule has 4 nitrogen and oxygen atoms in total. The highest BCUT2D eigenvalue weighted by Gasteiger charge is 2.55. The van der Waals surface area contributed by atoms with Gasteiger partial charge in [-0.15, -0.1) is 0 Å². The van der Waals surface area contributed by atoms with Gasteiger partial charge in [0.25, 0.3) is 0 Å². The second kappa shape index (κ2) is 4.91. The number of aromatic nitrogens is 3. The lowest BCUT2D eigenvalue weighted by Gasteiger charge is -2.40. The predicted octanol–water partition coefficient (Wildman–Crippen LogP) is 2.75. The van der Waals surface area contributed by atoms with Crippen LogP contribution in [-0.2, 0) is 6.54 Å². The zero-order valence-electron chi connectivity index (χ0n) is 12.3. The van der Waals surface area contributed by atoms with Gasteiger partial charge in [0.15, 0.2) is 0 Å². The van der Waals surface area contributed by atoms with Crippen molar-refractivity contribution in [1.82, 2.24) is 14.8 Å². The molecule has 2 unspecified atom stereocenters. The Hall–Kier alpha value is -1.75. The van der Waals surface area contributed by atoms with E-state index < -0.39 is 5.60 Å². The summed E-state index contributed by atoms with van der Waals surface area (Å²) in [6, 6.07) is 6.72. The topological polar surface area (TPSA) is 50.9 Å². The van der Waals surface area contributed by atoms with E-state index >= 15 is 0 Å². The van der Waals surface area contributed by atoms with Gasteiger partial charge in [0, 0.05) is 5.92 Å². The van der Waals surface area contributed by atoms with Crippen LogP contribution in [-0.4, -0.2) is 25.5 Å².